The summed E-state index contributed by atoms with van der Waals surface area (Å²) in [6.07, 6.45) is 5.93. The fraction of sp³-hybridized carbons (Fsp3) is 0.667. The van der Waals surface area contributed by atoms with Gasteiger partial charge in [-0.3, -0.25) is 4.79 Å². The van der Waals surface area contributed by atoms with E-state index in [1.165, 1.54) is 12.8 Å². The monoisotopic (exact) mass is 234 g/mol. The van der Waals surface area contributed by atoms with Gasteiger partial charge in [-0.1, -0.05) is 0 Å². The Balaban J connectivity index is 1.71. The molecule has 2 atom stereocenters. The number of hydrogen-bond donors (Lipinski definition) is 1. The quantitative estimate of drug-likeness (QED) is 0.757. The highest BCUT2D eigenvalue weighted by Gasteiger charge is 2.36. The molecule has 2 aliphatic rings. The molecule has 92 valence electrons. The maximum Gasteiger partial charge on any atom is 0.274 e. The van der Waals surface area contributed by atoms with Gasteiger partial charge in [-0.2, -0.15) is 0 Å². The number of aryl methyl sites for hydroxylation is 1. The Kier molecular flexibility index (Phi) is 2.63. The predicted octanol–water partition coefficient (Wildman–Crippen LogP) is 0.244. The molecule has 2 aliphatic heterocycles. The van der Waals surface area contributed by atoms with Gasteiger partial charge >= 0.3 is 0 Å². The molecule has 1 amide bonds. The first-order valence-electron chi connectivity index (χ1n) is 6.24. The lowest BCUT2D eigenvalue weighted by Gasteiger charge is -2.24. The minimum Gasteiger partial charge on any atom is -0.340 e. The summed E-state index contributed by atoms with van der Waals surface area (Å²) >= 11 is 0. The van der Waals surface area contributed by atoms with Gasteiger partial charge in [-0.05, 0) is 25.3 Å². The highest BCUT2D eigenvalue weighted by Crippen LogP contribution is 2.25. The summed E-state index contributed by atoms with van der Waals surface area (Å²) in [4.78, 5) is 18.3. The summed E-state index contributed by atoms with van der Waals surface area (Å²) in [5, 5.41) is 3.50. The van der Waals surface area contributed by atoms with E-state index in [0.29, 0.717) is 17.7 Å². The normalized spacial score (nSPS) is 28.2. The van der Waals surface area contributed by atoms with Crippen LogP contribution in [0.25, 0.3) is 0 Å². The largest absolute Gasteiger partial charge is 0.340 e. The van der Waals surface area contributed by atoms with E-state index in [0.717, 1.165) is 19.6 Å². The molecule has 17 heavy (non-hydrogen) atoms. The summed E-state index contributed by atoms with van der Waals surface area (Å²) in [6, 6.07) is 0.497. The van der Waals surface area contributed by atoms with Crippen LogP contribution in [0, 0.1) is 5.92 Å². The first kappa shape index (κ1) is 10.8. The van der Waals surface area contributed by atoms with Crippen LogP contribution >= 0.6 is 0 Å². The lowest BCUT2D eigenvalue weighted by Crippen LogP contribution is -2.41. The fourth-order valence-electron chi connectivity index (χ4n) is 2.90. The van der Waals surface area contributed by atoms with E-state index in [-0.39, 0.29) is 5.91 Å². The SMILES string of the molecule is Cn1cnc(C(=O)N2CC3CCCNC3C2)c1. The van der Waals surface area contributed by atoms with Crippen molar-refractivity contribution in [2.24, 2.45) is 13.0 Å². The summed E-state index contributed by atoms with van der Waals surface area (Å²) < 4.78 is 1.81. The van der Waals surface area contributed by atoms with Gasteiger partial charge in [0.1, 0.15) is 5.69 Å². The van der Waals surface area contributed by atoms with Crippen molar-refractivity contribution < 1.29 is 4.79 Å². The summed E-state index contributed by atoms with van der Waals surface area (Å²) in [5.74, 6) is 0.707. The fourth-order valence-corrected chi connectivity index (χ4v) is 2.90. The average molecular weight is 234 g/mol. The first-order valence-corrected chi connectivity index (χ1v) is 6.24. The van der Waals surface area contributed by atoms with Crippen molar-refractivity contribution in [3.63, 3.8) is 0 Å². The van der Waals surface area contributed by atoms with E-state index in [1.54, 1.807) is 12.5 Å². The number of carbonyl (C=O) groups excluding carboxylic acids is 1. The van der Waals surface area contributed by atoms with Crippen LogP contribution in [0.4, 0.5) is 0 Å². The minimum absolute atomic E-state index is 0.0711. The molecule has 1 aromatic rings. The third-order valence-corrected chi connectivity index (χ3v) is 3.81. The van der Waals surface area contributed by atoms with Gasteiger partial charge in [-0.15, -0.1) is 0 Å². The van der Waals surface area contributed by atoms with E-state index in [2.05, 4.69) is 10.3 Å². The molecular weight excluding hydrogens is 216 g/mol. The van der Waals surface area contributed by atoms with Gasteiger partial charge in [0.05, 0.1) is 6.33 Å². The third-order valence-electron chi connectivity index (χ3n) is 3.81. The Hall–Kier alpha value is -1.36. The van der Waals surface area contributed by atoms with Crippen LogP contribution in [-0.4, -0.2) is 46.0 Å². The topological polar surface area (TPSA) is 50.2 Å². The van der Waals surface area contributed by atoms with Crippen LogP contribution in [0.5, 0.6) is 0 Å². The van der Waals surface area contributed by atoms with Crippen molar-refractivity contribution >= 4 is 5.91 Å². The highest BCUT2D eigenvalue weighted by molar-refractivity contribution is 5.92. The molecule has 3 heterocycles. The predicted molar refractivity (Wildman–Crippen MR) is 63.6 cm³/mol. The second-order valence-electron chi connectivity index (χ2n) is 5.10. The molecule has 2 fully saturated rings. The van der Waals surface area contributed by atoms with Crippen LogP contribution in [0.1, 0.15) is 23.3 Å². The molecule has 0 saturated carbocycles. The first-order chi connectivity index (χ1) is 8.24. The minimum atomic E-state index is 0.0711. The van der Waals surface area contributed by atoms with E-state index in [1.807, 2.05) is 16.5 Å². The maximum atomic E-state index is 12.2. The molecule has 0 spiro atoms. The van der Waals surface area contributed by atoms with Gasteiger partial charge in [0.25, 0.3) is 5.91 Å². The molecular formula is C12H18N4O. The number of nitrogens with one attached hydrogen (secondary N) is 1. The number of rotatable bonds is 1. The number of amides is 1. The Morgan fingerprint density at radius 1 is 1.53 bits per heavy atom. The molecule has 2 saturated heterocycles. The van der Waals surface area contributed by atoms with Crippen molar-refractivity contribution in [1.29, 1.82) is 0 Å². The number of hydrogen-bond acceptors (Lipinski definition) is 3. The van der Waals surface area contributed by atoms with Gasteiger partial charge in [0, 0.05) is 32.4 Å². The van der Waals surface area contributed by atoms with E-state index >= 15 is 0 Å². The van der Waals surface area contributed by atoms with Crippen LogP contribution in [0.3, 0.4) is 0 Å². The van der Waals surface area contributed by atoms with Crippen molar-refractivity contribution in [3.05, 3.63) is 18.2 Å². The second-order valence-corrected chi connectivity index (χ2v) is 5.10. The van der Waals surface area contributed by atoms with Crippen molar-refractivity contribution in [2.75, 3.05) is 19.6 Å². The summed E-state index contributed by atoms with van der Waals surface area (Å²) in [7, 11) is 1.88. The van der Waals surface area contributed by atoms with E-state index in [4.69, 9.17) is 0 Å². The molecule has 1 aromatic heterocycles. The standard InChI is InChI=1S/C12H18N4O/c1-15-6-11(14-8-15)12(17)16-5-9-3-2-4-13-10(9)7-16/h6,8-10,13H,2-5,7H2,1H3. The van der Waals surface area contributed by atoms with Crippen LogP contribution in [0.15, 0.2) is 12.5 Å². The Bertz CT molecular complexity index is 414. The average Bonchev–Trinajstić information content (AvgIpc) is 2.93. The molecule has 0 bridgehead atoms. The number of aromatic nitrogens is 2. The number of piperidine rings is 1. The van der Waals surface area contributed by atoms with Crippen LogP contribution in [0.2, 0.25) is 0 Å². The molecule has 2 unspecified atom stereocenters. The second kappa shape index (κ2) is 4.14. The lowest BCUT2D eigenvalue weighted by atomic mass is 9.94. The Morgan fingerprint density at radius 2 is 2.41 bits per heavy atom. The van der Waals surface area contributed by atoms with E-state index < -0.39 is 0 Å². The van der Waals surface area contributed by atoms with Gasteiger partial charge in [0.15, 0.2) is 0 Å². The van der Waals surface area contributed by atoms with E-state index in [9.17, 15) is 4.79 Å². The number of nitrogens with zero attached hydrogens (tertiary/aromatic N) is 3. The number of imidazole rings is 1. The van der Waals surface area contributed by atoms with Gasteiger partial charge in [0.2, 0.25) is 0 Å². The zero-order valence-corrected chi connectivity index (χ0v) is 10.1. The summed E-state index contributed by atoms with van der Waals surface area (Å²) in [5.41, 5.74) is 0.561. The highest BCUT2D eigenvalue weighted by atomic mass is 16.2. The van der Waals surface area contributed by atoms with Gasteiger partial charge in [-0.25, -0.2) is 4.98 Å². The number of carbonyl (C=O) groups is 1. The smallest absolute Gasteiger partial charge is 0.274 e. The Labute approximate surface area is 101 Å². The molecule has 0 aromatic carbocycles. The van der Waals surface area contributed by atoms with Crippen molar-refractivity contribution in [1.82, 2.24) is 19.8 Å². The van der Waals surface area contributed by atoms with Crippen molar-refractivity contribution in [3.8, 4) is 0 Å². The van der Waals surface area contributed by atoms with Crippen LogP contribution < -0.4 is 5.32 Å². The molecule has 5 heteroatoms. The molecule has 3 rings (SSSR count). The lowest BCUT2D eigenvalue weighted by molar-refractivity contribution is 0.0780. The molecule has 0 radical (unpaired) electrons. The number of likely N-dealkylation sites (tertiary alicyclic amines) is 1. The zero-order valence-electron chi connectivity index (χ0n) is 10.1. The maximum absolute atomic E-state index is 12.2. The van der Waals surface area contributed by atoms with Crippen LogP contribution in [-0.2, 0) is 7.05 Å². The summed E-state index contributed by atoms with van der Waals surface area (Å²) in [6.45, 7) is 2.81. The van der Waals surface area contributed by atoms with Crippen molar-refractivity contribution in [2.45, 2.75) is 18.9 Å². The molecule has 0 aliphatic carbocycles. The van der Waals surface area contributed by atoms with Gasteiger partial charge < -0.3 is 14.8 Å². The number of fused-ring (bicyclic) bond motifs is 1. The molecule has 1 N–H and O–H groups in total. The molecule has 5 nitrogen and oxygen atoms in total. The Morgan fingerprint density at radius 3 is 3.12 bits per heavy atom. The zero-order chi connectivity index (χ0) is 11.8. The third kappa shape index (κ3) is 1.95.